The first-order chi connectivity index (χ1) is 12.7. The SMILES string of the molecule is CC(=O)Nc1ccc(Nc2cc(C3CCOCC3)nc(C3CC3)n2)cc1. The smallest absolute Gasteiger partial charge is 0.221 e. The number of ether oxygens (including phenoxy) is 1. The number of amides is 1. The molecule has 2 N–H and O–H groups in total. The quantitative estimate of drug-likeness (QED) is 0.852. The molecular weight excluding hydrogens is 328 g/mol. The van der Waals surface area contributed by atoms with Crippen LogP contribution in [0.4, 0.5) is 17.2 Å². The fraction of sp³-hybridized carbons (Fsp3) is 0.450. The van der Waals surface area contributed by atoms with Crippen molar-refractivity contribution >= 4 is 23.1 Å². The van der Waals surface area contributed by atoms with E-state index in [2.05, 4.69) is 16.7 Å². The van der Waals surface area contributed by atoms with E-state index in [1.165, 1.54) is 19.8 Å². The van der Waals surface area contributed by atoms with Crippen LogP contribution in [0.3, 0.4) is 0 Å². The number of rotatable bonds is 5. The molecule has 1 amide bonds. The third kappa shape index (κ3) is 4.19. The van der Waals surface area contributed by atoms with Crippen LogP contribution in [-0.4, -0.2) is 29.1 Å². The van der Waals surface area contributed by atoms with Crippen LogP contribution in [0.25, 0.3) is 0 Å². The molecule has 26 heavy (non-hydrogen) atoms. The van der Waals surface area contributed by atoms with Crippen LogP contribution in [-0.2, 0) is 9.53 Å². The lowest BCUT2D eigenvalue weighted by atomic mass is 9.96. The summed E-state index contributed by atoms with van der Waals surface area (Å²) >= 11 is 0. The molecule has 1 aliphatic heterocycles. The summed E-state index contributed by atoms with van der Waals surface area (Å²) in [5.41, 5.74) is 2.85. The predicted octanol–water partition coefficient (Wildman–Crippen LogP) is 3.95. The van der Waals surface area contributed by atoms with Gasteiger partial charge in [0.25, 0.3) is 0 Å². The number of hydrogen-bond acceptors (Lipinski definition) is 5. The van der Waals surface area contributed by atoms with Crippen molar-refractivity contribution in [2.45, 2.75) is 44.4 Å². The van der Waals surface area contributed by atoms with Gasteiger partial charge >= 0.3 is 0 Å². The van der Waals surface area contributed by atoms with Gasteiger partial charge in [0.1, 0.15) is 11.6 Å². The fourth-order valence-corrected chi connectivity index (χ4v) is 3.26. The van der Waals surface area contributed by atoms with Crippen LogP contribution in [0.5, 0.6) is 0 Å². The third-order valence-corrected chi connectivity index (χ3v) is 4.82. The van der Waals surface area contributed by atoms with Crippen LogP contribution in [0.15, 0.2) is 30.3 Å². The number of nitrogens with one attached hydrogen (secondary N) is 2. The first kappa shape index (κ1) is 17.0. The molecule has 2 aliphatic rings. The largest absolute Gasteiger partial charge is 0.381 e. The van der Waals surface area contributed by atoms with Gasteiger partial charge in [-0.15, -0.1) is 0 Å². The summed E-state index contributed by atoms with van der Waals surface area (Å²) in [4.78, 5) is 20.7. The molecule has 1 saturated carbocycles. The Balaban J connectivity index is 1.54. The maximum atomic E-state index is 11.1. The summed E-state index contributed by atoms with van der Waals surface area (Å²) in [6, 6.07) is 9.72. The lowest BCUT2D eigenvalue weighted by Crippen LogP contribution is -2.16. The number of benzene rings is 1. The second kappa shape index (κ2) is 7.41. The van der Waals surface area contributed by atoms with Crippen molar-refractivity contribution in [3.63, 3.8) is 0 Å². The normalized spacial score (nSPS) is 17.7. The number of anilines is 3. The van der Waals surface area contributed by atoms with E-state index in [1.807, 2.05) is 24.3 Å². The minimum Gasteiger partial charge on any atom is -0.381 e. The molecule has 136 valence electrons. The van der Waals surface area contributed by atoms with Gasteiger partial charge in [-0.1, -0.05) is 0 Å². The molecule has 1 saturated heterocycles. The van der Waals surface area contributed by atoms with Crippen molar-refractivity contribution in [1.82, 2.24) is 9.97 Å². The van der Waals surface area contributed by atoms with E-state index in [-0.39, 0.29) is 5.91 Å². The van der Waals surface area contributed by atoms with Crippen LogP contribution in [0, 0.1) is 0 Å². The lowest BCUT2D eigenvalue weighted by molar-refractivity contribution is -0.114. The topological polar surface area (TPSA) is 76.1 Å². The zero-order valence-corrected chi connectivity index (χ0v) is 15.0. The van der Waals surface area contributed by atoms with Crippen molar-refractivity contribution in [3.8, 4) is 0 Å². The fourth-order valence-electron chi connectivity index (χ4n) is 3.26. The molecule has 0 radical (unpaired) electrons. The number of hydrogen-bond donors (Lipinski definition) is 2. The predicted molar refractivity (Wildman–Crippen MR) is 101 cm³/mol. The van der Waals surface area contributed by atoms with Crippen LogP contribution >= 0.6 is 0 Å². The highest BCUT2D eigenvalue weighted by atomic mass is 16.5. The second-order valence-electron chi connectivity index (χ2n) is 7.08. The molecule has 6 heteroatoms. The Morgan fingerprint density at radius 2 is 1.69 bits per heavy atom. The van der Waals surface area contributed by atoms with E-state index in [0.717, 1.165) is 54.8 Å². The van der Waals surface area contributed by atoms with Gasteiger partial charge in [-0.05, 0) is 49.9 Å². The Morgan fingerprint density at radius 3 is 2.35 bits per heavy atom. The molecular formula is C20H24N4O2. The van der Waals surface area contributed by atoms with Crippen LogP contribution < -0.4 is 10.6 Å². The highest BCUT2D eigenvalue weighted by molar-refractivity contribution is 5.88. The average molecular weight is 352 g/mol. The van der Waals surface area contributed by atoms with Crippen LogP contribution in [0.2, 0.25) is 0 Å². The highest BCUT2D eigenvalue weighted by Crippen LogP contribution is 2.39. The van der Waals surface area contributed by atoms with Gasteiger partial charge in [0.2, 0.25) is 5.91 Å². The maximum Gasteiger partial charge on any atom is 0.221 e. The number of aromatic nitrogens is 2. The highest BCUT2D eigenvalue weighted by Gasteiger charge is 2.28. The van der Waals surface area contributed by atoms with Gasteiger partial charge in [-0.3, -0.25) is 4.79 Å². The van der Waals surface area contributed by atoms with Crippen molar-refractivity contribution in [1.29, 1.82) is 0 Å². The molecule has 1 aliphatic carbocycles. The van der Waals surface area contributed by atoms with E-state index in [4.69, 9.17) is 14.7 Å². The molecule has 0 unspecified atom stereocenters. The van der Waals surface area contributed by atoms with Gasteiger partial charge in [0, 0.05) is 55.1 Å². The second-order valence-corrected chi connectivity index (χ2v) is 7.08. The van der Waals surface area contributed by atoms with Crippen LogP contribution in [0.1, 0.15) is 56.0 Å². The standard InChI is InChI=1S/C20H24N4O2/c1-13(25)21-16-4-6-17(7-5-16)22-19-12-18(14-8-10-26-11-9-14)23-20(24-19)15-2-3-15/h4-7,12,14-15H,2-3,8-11H2,1H3,(H,21,25)(H,22,23,24). The van der Waals surface area contributed by atoms with E-state index < -0.39 is 0 Å². The molecule has 2 heterocycles. The summed E-state index contributed by atoms with van der Waals surface area (Å²) in [6.07, 6.45) is 4.40. The Labute approximate surface area is 153 Å². The van der Waals surface area contributed by atoms with Gasteiger partial charge in [0.15, 0.2) is 0 Å². The van der Waals surface area contributed by atoms with Gasteiger partial charge in [-0.25, -0.2) is 9.97 Å². The Morgan fingerprint density at radius 1 is 1.00 bits per heavy atom. The van der Waals surface area contributed by atoms with E-state index >= 15 is 0 Å². The monoisotopic (exact) mass is 352 g/mol. The Kier molecular flexibility index (Phi) is 4.84. The first-order valence-electron chi connectivity index (χ1n) is 9.28. The summed E-state index contributed by atoms with van der Waals surface area (Å²) in [5.74, 6) is 2.70. The average Bonchev–Trinajstić information content (AvgIpc) is 3.49. The number of carbonyl (C=O) groups is 1. The Bertz CT molecular complexity index is 781. The molecule has 0 atom stereocenters. The van der Waals surface area contributed by atoms with E-state index in [0.29, 0.717) is 11.8 Å². The zero-order chi connectivity index (χ0) is 17.9. The van der Waals surface area contributed by atoms with Gasteiger partial charge in [-0.2, -0.15) is 0 Å². The maximum absolute atomic E-state index is 11.1. The molecule has 1 aromatic carbocycles. The summed E-state index contributed by atoms with van der Waals surface area (Å²) in [7, 11) is 0. The third-order valence-electron chi connectivity index (χ3n) is 4.82. The summed E-state index contributed by atoms with van der Waals surface area (Å²) in [5, 5.41) is 6.17. The van der Waals surface area contributed by atoms with E-state index in [9.17, 15) is 4.79 Å². The number of nitrogens with zero attached hydrogens (tertiary/aromatic N) is 2. The van der Waals surface area contributed by atoms with Crippen molar-refractivity contribution in [2.75, 3.05) is 23.8 Å². The zero-order valence-electron chi connectivity index (χ0n) is 15.0. The van der Waals surface area contributed by atoms with E-state index in [1.54, 1.807) is 0 Å². The molecule has 2 aromatic rings. The van der Waals surface area contributed by atoms with Crippen molar-refractivity contribution in [3.05, 3.63) is 41.9 Å². The number of carbonyl (C=O) groups excluding carboxylic acids is 1. The molecule has 4 rings (SSSR count). The minimum absolute atomic E-state index is 0.0725. The summed E-state index contributed by atoms with van der Waals surface area (Å²) < 4.78 is 5.49. The minimum atomic E-state index is -0.0725. The lowest BCUT2D eigenvalue weighted by Gasteiger charge is -2.22. The van der Waals surface area contributed by atoms with Crippen molar-refractivity contribution in [2.24, 2.45) is 0 Å². The Hall–Kier alpha value is -2.47. The molecule has 0 bridgehead atoms. The molecule has 0 spiro atoms. The van der Waals surface area contributed by atoms with Gasteiger partial charge in [0.05, 0.1) is 0 Å². The molecule has 6 nitrogen and oxygen atoms in total. The molecule has 1 aromatic heterocycles. The molecule has 2 fully saturated rings. The first-order valence-corrected chi connectivity index (χ1v) is 9.28. The van der Waals surface area contributed by atoms with Crippen molar-refractivity contribution < 1.29 is 9.53 Å². The van der Waals surface area contributed by atoms with Gasteiger partial charge < -0.3 is 15.4 Å². The summed E-state index contributed by atoms with van der Waals surface area (Å²) in [6.45, 7) is 3.12.